The lowest BCUT2D eigenvalue weighted by Gasteiger charge is -2.12. The molecule has 0 aromatic heterocycles. The van der Waals surface area contributed by atoms with Crippen molar-refractivity contribution < 1.29 is 0 Å². The summed E-state index contributed by atoms with van der Waals surface area (Å²) in [6, 6.07) is 9.43. The summed E-state index contributed by atoms with van der Waals surface area (Å²) in [4.78, 5) is 8.23. The van der Waals surface area contributed by atoms with E-state index in [1.165, 1.54) is 0 Å². The standard InChI is InChI=1S/C15H15N3/c1-17-15(13-10-6-3-7-11-13)18-14(16)12-8-4-2-5-9-12/h2-10,13,16H,1,11H2. The van der Waals surface area contributed by atoms with Gasteiger partial charge in [-0.15, -0.1) is 0 Å². The largest absolute Gasteiger partial charge is 0.282 e. The minimum absolute atomic E-state index is 0.122. The summed E-state index contributed by atoms with van der Waals surface area (Å²) in [5.74, 6) is 0.946. The number of nitrogens with one attached hydrogen (secondary N) is 1. The highest BCUT2D eigenvalue weighted by Gasteiger charge is 2.13. The zero-order valence-electron chi connectivity index (χ0n) is 10.1. The Morgan fingerprint density at radius 3 is 2.61 bits per heavy atom. The summed E-state index contributed by atoms with van der Waals surface area (Å²) in [5.41, 5.74) is 0.786. The number of amidine groups is 2. The minimum atomic E-state index is 0.122. The molecular weight excluding hydrogens is 222 g/mol. The lowest BCUT2D eigenvalue weighted by atomic mass is 10.00. The van der Waals surface area contributed by atoms with Gasteiger partial charge in [0, 0.05) is 11.5 Å². The Kier molecular flexibility index (Phi) is 3.97. The fourth-order valence-electron chi connectivity index (χ4n) is 1.78. The van der Waals surface area contributed by atoms with Gasteiger partial charge >= 0.3 is 0 Å². The van der Waals surface area contributed by atoms with Crippen molar-refractivity contribution in [2.75, 3.05) is 0 Å². The molecule has 1 atom stereocenters. The number of nitrogens with zero attached hydrogens (tertiary/aromatic N) is 2. The second kappa shape index (κ2) is 5.87. The van der Waals surface area contributed by atoms with E-state index in [0.29, 0.717) is 5.84 Å². The first-order chi connectivity index (χ1) is 8.81. The maximum absolute atomic E-state index is 7.96. The number of hydrogen-bond donors (Lipinski definition) is 1. The molecule has 1 aliphatic rings. The first-order valence-corrected chi connectivity index (χ1v) is 5.84. The fraction of sp³-hybridized carbons (Fsp3) is 0.133. The molecule has 0 radical (unpaired) electrons. The molecule has 0 fully saturated rings. The number of rotatable bonds is 2. The molecule has 90 valence electrons. The maximum Gasteiger partial charge on any atom is 0.153 e. The summed E-state index contributed by atoms with van der Waals surface area (Å²) in [7, 11) is 0. The Labute approximate surface area is 107 Å². The van der Waals surface area contributed by atoms with E-state index >= 15 is 0 Å². The molecule has 1 unspecified atom stereocenters. The van der Waals surface area contributed by atoms with Crippen molar-refractivity contribution >= 4 is 18.4 Å². The predicted octanol–water partition coefficient (Wildman–Crippen LogP) is 3.24. The normalized spacial score (nSPS) is 18.7. The third kappa shape index (κ3) is 2.88. The van der Waals surface area contributed by atoms with E-state index in [2.05, 4.69) is 22.8 Å². The Morgan fingerprint density at radius 2 is 2.00 bits per heavy atom. The van der Waals surface area contributed by atoms with Crippen LogP contribution in [0.15, 0.2) is 64.6 Å². The van der Waals surface area contributed by atoms with Gasteiger partial charge in [-0.2, -0.15) is 0 Å². The smallest absolute Gasteiger partial charge is 0.153 e. The van der Waals surface area contributed by atoms with Gasteiger partial charge in [0.2, 0.25) is 0 Å². The van der Waals surface area contributed by atoms with Crippen LogP contribution in [0.3, 0.4) is 0 Å². The molecule has 3 heteroatoms. The summed E-state index contributed by atoms with van der Waals surface area (Å²) < 4.78 is 0. The van der Waals surface area contributed by atoms with E-state index in [1.807, 2.05) is 48.6 Å². The van der Waals surface area contributed by atoms with Crippen LogP contribution in [-0.2, 0) is 0 Å². The van der Waals surface area contributed by atoms with E-state index in [1.54, 1.807) is 0 Å². The fourth-order valence-corrected chi connectivity index (χ4v) is 1.78. The molecule has 0 heterocycles. The number of allylic oxidation sites excluding steroid dienone is 3. The molecule has 3 nitrogen and oxygen atoms in total. The van der Waals surface area contributed by atoms with Crippen LogP contribution < -0.4 is 0 Å². The van der Waals surface area contributed by atoms with Crippen LogP contribution in [-0.4, -0.2) is 18.4 Å². The Balaban J connectivity index is 2.20. The van der Waals surface area contributed by atoms with E-state index < -0.39 is 0 Å². The van der Waals surface area contributed by atoms with Crippen molar-refractivity contribution in [3.05, 3.63) is 60.2 Å². The molecule has 0 spiro atoms. The lowest BCUT2D eigenvalue weighted by Crippen LogP contribution is -2.13. The molecule has 0 amide bonds. The number of hydrogen-bond acceptors (Lipinski definition) is 1. The van der Waals surface area contributed by atoms with Gasteiger partial charge in [0.15, 0.2) is 5.84 Å². The van der Waals surface area contributed by atoms with Crippen LogP contribution in [0.5, 0.6) is 0 Å². The molecule has 0 bridgehead atoms. The van der Waals surface area contributed by atoms with Gasteiger partial charge < -0.3 is 0 Å². The monoisotopic (exact) mass is 237 g/mol. The van der Waals surface area contributed by atoms with Gasteiger partial charge in [-0.25, -0.2) is 9.98 Å². The van der Waals surface area contributed by atoms with Gasteiger partial charge in [0.1, 0.15) is 5.84 Å². The highest BCUT2D eigenvalue weighted by Crippen LogP contribution is 2.15. The van der Waals surface area contributed by atoms with Crippen LogP contribution in [0, 0.1) is 11.3 Å². The van der Waals surface area contributed by atoms with Gasteiger partial charge in [0.25, 0.3) is 0 Å². The molecule has 1 aromatic rings. The summed E-state index contributed by atoms with van der Waals surface area (Å²) in [5, 5.41) is 7.96. The van der Waals surface area contributed by atoms with Gasteiger partial charge in [-0.3, -0.25) is 5.41 Å². The van der Waals surface area contributed by atoms with Crippen molar-refractivity contribution in [1.82, 2.24) is 0 Å². The molecule has 0 saturated carbocycles. The summed E-state index contributed by atoms with van der Waals surface area (Å²) in [6.45, 7) is 3.55. The Bertz CT molecular complexity index is 524. The van der Waals surface area contributed by atoms with E-state index in [9.17, 15) is 0 Å². The first-order valence-electron chi connectivity index (χ1n) is 5.84. The first kappa shape index (κ1) is 12.2. The third-order valence-corrected chi connectivity index (χ3v) is 2.75. The van der Waals surface area contributed by atoms with Gasteiger partial charge in [-0.05, 0) is 13.1 Å². The second-order valence-corrected chi connectivity index (χ2v) is 4.00. The Morgan fingerprint density at radius 1 is 1.22 bits per heavy atom. The summed E-state index contributed by atoms with van der Waals surface area (Å²) in [6.07, 6.45) is 8.93. The molecule has 1 N–H and O–H groups in total. The molecule has 0 saturated heterocycles. The van der Waals surface area contributed by atoms with Crippen LogP contribution in [0.4, 0.5) is 0 Å². The maximum atomic E-state index is 7.96. The van der Waals surface area contributed by atoms with E-state index in [4.69, 9.17) is 5.41 Å². The van der Waals surface area contributed by atoms with E-state index in [0.717, 1.165) is 12.0 Å². The molecule has 1 aliphatic carbocycles. The minimum Gasteiger partial charge on any atom is -0.282 e. The van der Waals surface area contributed by atoms with Gasteiger partial charge in [0.05, 0.1) is 0 Å². The number of benzene rings is 1. The van der Waals surface area contributed by atoms with Crippen molar-refractivity contribution in [3.8, 4) is 0 Å². The average molecular weight is 237 g/mol. The van der Waals surface area contributed by atoms with Crippen LogP contribution in [0.1, 0.15) is 12.0 Å². The van der Waals surface area contributed by atoms with Crippen LogP contribution in [0.2, 0.25) is 0 Å². The van der Waals surface area contributed by atoms with E-state index in [-0.39, 0.29) is 11.8 Å². The molecule has 1 aromatic carbocycles. The average Bonchev–Trinajstić information content (AvgIpc) is 2.46. The highest BCUT2D eigenvalue weighted by molar-refractivity contribution is 6.06. The quantitative estimate of drug-likeness (QED) is 0.606. The predicted molar refractivity (Wildman–Crippen MR) is 76.6 cm³/mol. The SMILES string of the molecule is C=NC(=NC(=N)c1ccccc1)C1C=CC=CC1. The van der Waals surface area contributed by atoms with Crippen LogP contribution in [0.25, 0.3) is 0 Å². The van der Waals surface area contributed by atoms with Crippen molar-refractivity contribution in [2.45, 2.75) is 6.42 Å². The lowest BCUT2D eigenvalue weighted by molar-refractivity contribution is 0.861. The second-order valence-electron chi connectivity index (χ2n) is 4.00. The number of aliphatic imine (C=N–C) groups is 2. The van der Waals surface area contributed by atoms with Gasteiger partial charge in [-0.1, -0.05) is 54.6 Å². The summed E-state index contributed by atoms with van der Waals surface area (Å²) >= 11 is 0. The zero-order valence-corrected chi connectivity index (χ0v) is 10.1. The zero-order chi connectivity index (χ0) is 12.8. The topological polar surface area (TPSA) is 48.6 Å². The van der Waals surface area contributed by atoms with Crippen molar-refractivity contribution in [3.63, 3.8) is 0 Å². The van der Waals surface area contributed by atoms with Crippen molar-refractivity contribution in [2.24, 2.45) is 15.9 Å². The molecule has 0 aliphatic heterocycles. The van der Waals surface area contributed by atoms with Crippen molar-refractivity contribution in [1.29, 1.82) is 5.41 Å². The molecule has 18 heavy (non-hydrogen) atoms. The Hall–Kier alpha value is -2.29. The van der Waals surface area contributed by atoms with Crippen LogP contribution >= 0.6 is 0 Å². The molecular formula is C15H15N3. The third-order valence-electron chi connectivity index (χ3n) is 2.75. The highest BCUT2D eigenvalue weighted by atomic mass is 14.9. The molecule has 2 rings (SSSR count).